The van der Waals surface area contributed by atoms with Gasteiger partial charge in [-0.3, -0.25) is 9.59 Å². The maximum Gasteiger partial charge on any atom is 0.259 e. The second kappa shape index (κ2) is 6.33. The summed E-state index contributed by atoms with van der Waals surface area (Å²) in [5.74, 6) is -0.146. The van der Waals surface area contributed by atoms with E-state index in [0.29, 0.717) is 11.3 Å². The molecule has 2 aliphatic rings. The van der Waals surface area contributed by atoms with Gasteiger partial charge in [-0.05, 0) is 30.3 Å². The minimum Gasteiger partial charge on any atom is -0.543 e. The highest BCUT2D eigenvalue weighted by Crippen LogP contribution is 2.38. The van der Waals surface area contributed by atoms with E-state index < -0.39 is 32.5 Å². The summed E-state index contributed by atoms with van der Waals surface area (Å²) < 4.78 is 11.4. The van der Waals surface area contributed by atoms with E-state index in [9.17, 15) is 14.7 Å². The maximum absolute atomic E-state index is 12.8. The quantitative estimate of drug-likeness (QED) is 0.623. The number of aliphatic hydroxyl groups excluding tert-OH is 1. The predicted molar refractivity (Wildman–Crippen MR) is 99.5 cm³/mol. The average Bonchev–Trinajstić information content (AvgIpc) is 3.32. The molecule has 1 fully saturated rings. The lowest BCUT2D eigenvalue weighted by Gasteiger charge is -2.37. The van der Waals surface area contributed by atoms with Gasteiger partial charge in [0, 0.05) is 6.08 Å². The molecular weight excluding hydrogens is 350 g/mol. The molecular formula is C19H25NO5Si. The highest BCUT2D eigenvalue weighted by Gasteiger charge is 2.53. The highest BCUT2D eigenvalue weighted by atomic mass is 28.4. The molecule has 0 unspecified atom stereocenters. The van der Waals surface area contributed by atoms with Crippen LogP contribution in [0.25, 0.3) is 0 Å². The first-order chi connectivity index (χ1) is 12.0. The van der Waals surface area contributed by atoms with Crippen LogP contribution in [0.2, 0.25) is 18.1 Å². The number of carbonyl (C=O) groups excluding carboxylic acids is 2. The van der Waals surface area contributed by atoms with Crippen molar-refractivity contribution in [2.24, 2.45) is 0 Å². The fourth-order valence-electron chi connectivity index (χ4n) is 2.57. The van der Waals surface area contributed by atoms with Crippen LogP contribution in [-0.4, -0.2) is 43.4 Å². The van der Waals surface area contributed by atoms with Crippen molar-refractivity contribution in [2.75, 3.05) is 0 Å². The summed E-state index contributed by atoms with van der Waals surface area (Å²) in [6.45, 7) is 10.6. The largest absolute Gasteiger partial charge is 0.543 e. The van der Waals surface area contributed by atoms with E-state index in [1.165, 1.54) is 6.08 Å². The standard InChI is InChI=1S/C19H25NO5Si/c1-19(2,3)26(4,5)25-14-9-7-6-8-11(14)18(23)20-12-10-13(21)16-17(24-16)15(12)22/h6-10,15-17,22H,1-5H3,(H,20,23)/t15-,16+,17-/m1/s1. The Labute approximate surface area is 154 Å². The number of hydrogen-bond donors (Lipinski definition) is 2. The number of ether oxygens (including phenoxy) is 1. The van der Waals surface area contributed by atoms with Gasteiger partial charge in [-0.1, -0.05) is 32.9 Å². The molecule has 1 aromatic carbocycles. The van der Waals surface area contributed by atoms with Gasteiger partial charge in [-0.15, -0.1) is 0 Å². The molecule has 1 aromatic rings. The number of rotatable bonds is 4. The lowest BCUT2D eigenvalue weighted by Crippen LogP contribution is -2.44. The SMILES string of the molecule is CC(C)(C)[Si](C)(C)Oc1ccccc1C(=O)NC1=CC(=O)[C@@H]2O[C@@H]2[C@@H]1O. The van der Waals surface area contributed by atoms with Crippen LogP contribution >= 0.6 is 0 Å². The van der Waals surface area contributed by atoms with Gasteiger partial charge in [0.2, 0.25) is 0 Å². The van der Waals surface area contributed by atoms with Crippen LogP contribution in [0.15, 0.2) is 36.0 Å². The van der Waals surface area contributed by atoms with Crippen LogP contribution in [0.1, 0.15) is 31.1 Å². The fraction of sp³-hybridized carbons (Fsp3) is 0.474. The second-order valence-electron chi connectivity index (χ2n) is 8.28. The third-order valence-corrected chi connectivity index (χ3v) is 9.64. The van der Waals surface area contributed by atoms with E-state index in [1.54, 1.807) is 18.2 Å². The number of epoxide rings is 1. The molecule has 1 amide bonds. The minimum absolute atomic E-state index is 0.0105. The molecule has 0 bridgehead atoms. The number of benzene rings is 1. The number of ketones is 1. The van der Waals surface area contributed by atoms with Gasteiger partial charge in [0.15, 0.2) is 5.78 Å². The fourth-order valence-corrected chi connectivity index (χ4v) is 3.60. The minimum atomic E-state index is -2.12. The molecule has 2 N–H and O–H groups in total. The van der Waals surface area contributed by atoms with Gasteiger partial charge in [0.25, 0.3) is 14.2 Å². The third-order valence-electron chi connectivity index (χ3n) is 5.29. The third kappa shape index (κ3) is 3.47. The lowest BCUT2D eigenvalue weighted by molar-refractivity contribution is -0.116. The number of aliphatic hydroxyl groups is 1. The number of fused-ring (bicyclic) bond motifs is 1. The number of hydrogen-bond acceptors (Lipinski definition) is 5. The maximum atomic E-state index is 12.8. The van der Waals surface area contributed by atoms with Crippen molar-refractivity contribution in [3.63, 3.8) is 0 Å². The van der Waals surface area contributed by atoms with Crippen molar-refractivity contribution in [3.05, 3.63) is 41.6 Å². The van der Waals surface area contributed by atoms with Crippen molar-refractivity contribution < 1.29 is 23.9 Å². The zero-order valence-corrected chi connectivity index (χ0v) is 16.7. The van der Waals surface area contributed by atoms with Crippen LogP contribution in [0.5, 0.6) is 5.75 Å². The summed E-state index contributed by atoms with van der Waals surface area (Å²) >= 11 is 0. The Hall–Kier alpha value is -1.96. The second-order valence-corrected chi connectivity index (χ2v) is 13.0. The van der Waals surface area contributed by atoms with Gasteiger partial charge in [0.1, 0.15) is 24.1 Å². The van der Waals surface area contributed by atoms with Gasteiger partial charge in [0.05, 0.1) is 11.3 Å². The van der Waals surface area contributed by atoms with Crippen LogP contribution < -0.4 is 9.74 Å². The number of carbonyl (C=O) groups is 2. The topological polar surface area (TPSA) is 88.2 Å². The van der Waals surface area contributed by atoms with E-state index in [0.717, 1.165) is 0 Å². The van der Waals surface area contributed by atoms with E-state index in [1.807, 2.05) is 6.07 Å². The Morgan fingerprint density at radius 1 is 1.27 bits per heavy atom. The zero-order chi connectivity index (χ0) is 19.3. The zero-order valence-electron chi connectivity index (χ0n) is 15.7. The monoisotopic (exact) mass is 375 g/mol. The first-order valence-electron chi connectivity index (χ1n) is 8.69. The number of nitrogens with one attached hydrogen (secondary N) is 1. The van der Waals surface area contributed by atoms with Crippen molar-refractivity contribution in [2.45, 2.75) is 57.2 Å². The van der Waals surface area contributed by atoms with Crippen LogP contribution in [0.3, 0.4) is 0 Å². The molecule has 6 nitrogen and oxygen atoms in total. The van der Waals surface area contributed by atoms with Crippen LogP contribution in [-0.2, 0) is 9.53 Å². The molecule has 3 atom stereocenters. The molecule has 3 rings (SSSR count). The molecule has 0 spiro atoms. The Bertz CT molecular complexity index is 780. The van der Waals surface area contributed by atoms with E-state index in [-0.39, 0.29) is 16.5 Å². The first kappa shape index (κ1) is 18.8. The normalized spacial score (nSPS) is 25.2. The predicted octanol–water partition coefficient (Wildman–Crippen LogP) is 2.40. The van der Waals surface area contributed by atoms with Crippen molar-refractivity contribution in [1.29, 1.82) is 0 Å². The summed E-state index contributed by atoms with van der Waals surface area (Å²) in [6, 6.07) is 7.02. The number of para-hydroxylation sites is 1. The molecule has 7 heteroatoms. The lowest BCUT2D eigenvalue weighted by atomic mass is 10.0. The molecule has 26 heavy (non-hydrogen) atoms. The average molecular weight is 375 g/mol. The van der Waals surface area contributed by atoms with Crippen molar-refractivity contribution in [3.8, 4) is 5.75 Å². The summed E-state index contributed by atoms with van der Waals surface area (Å²) in [5.41, 5.74) is 0.539. The van der Waals surface area contributed by atoms with E-state index in [4.69, 9.17) is 9.16 Å². The molecule has 0 radical (unpaired) electrons. The summed E-state index contributed by atoms with van der Waals surface area (Å²) in [4.78, 5) is 24.6. The van der Waals surface area contributed by atoms with Gasteiger partial charge in [-0.2, -0.15) is 0 Å². The highest BCUT2D eigenvalue weighted by molar-refractivity contribution is 6.74. The summed E-state index contributed by atoms with van der Waals surface area (Å²) in [6.07, 6.45) is -0.884. The molecule has 1 aliphatic carbocycles. The van der Waals surface area contributed by atoms with Crippen molar-refractivity contribution in [1.82, 2.24) is 5.32 Å². The van der Waals surface area contributed by atoms with E-state index in [2.05, 4.69) is 39.2 Å². The van der Waals surface area contributed by atoms with E-state index >= 15 is 0 Å². The molecule has 0 aromatic heterocycles. The Morgan fingerprint density at radius 2 is 1.92 bits per heavy atom. The van der Waals surface area contributed by atoms with Gasteiger partial charge < -0.3 is 19.6 Å². The summed E-state index contributed by atoms with van der Waals surface area (Å²) in [5, 5.41) is 12.8. The molecule has 0 saturated carbocycles. The summed E-state index contributed by atoms with van der Waals surface area (Å²) in [7, 11) is -2.12. The molecule has 1 heterocycles. The first-order valence-corrected chi connectivity index (χ1v) is 11.6. The Kier molecular flexibility index (Phi) is 4.58. The number of amides is 1. The van der Waals surface area contributed by atoms with Crippen LogP contribution in [0.4, 0.5) is 0 Å². The molecule has 1 aliphatic heterocycles. The van der Waals surface area contributed by atoms with Crippen molar-refractivity contribution >= 4 is 20.0 Å². The van der Waals surface area contributed by atoms with Gasteiger partial charge >= 0.3 is 0 Å². The Balaban J connectivity index is 1.81. The molecule has 1 saturated heterocycles. The Morgan fingerprint density at radius 3 is 2.58 bits per heavy atom. The molecule has 140 valence electrons. The van der Waals surface area contributed by atoms with Crippen LogP contribution in [0, 0.1) is 0 Å². The smallest absolute Gasteiger partial charge is 0.259 e. The van der Waals surface area contributed by atoms with Gasteiger partial charge in [-0.25, -0.2) is 0 Å².